The summed E-state index contributed by atoms with van der Waals surface area (Å²) in [6, 6.07) is 1.50. The van der Waals surface area contributed by atoms with E-state index in [1.807, 2.05) is 0 Å². The monoisotopic (exact) mass is 241 g/mol. The third-order valence-electron chi connectivity index (χ3n) is 1.94. The zero-order valence-electron chi connectivity index (χ0n) is 8.91. The van der Waals surface area contributed by atoms with Gasteiger partial charge in [-0.3, -0.25) is 4.98 Å². The molecular weight excluding hydrogens is 232 g/mol. The first kappa shape index (κ1) is 12.8. The highest BCUT2D eigenvalue weighted by Gasteiger charge is 2.24. The Labute approximate surface area is 95.8 Å². The Kier molecular flexibility index (Phi) is 3.93. The van der Waals surface area contributed by atoms with E-state index in [9.17, 15) is 13.6 Å². The molecule has 0 bridgehead atoms. The molecule has 1 rings (SSSR count). The van der Waals surface area contributed by atoms with Crippen molar-refractivity contribution in [3.05, 3.63) is 23.0 Å². The summed E-state index contributed by atoms with van der Waals surface area (Å²) in [7, 11) is 0. The van der Waals surface area contributed by atoms with Crippen LogP contribution in [0.3, 0.4) is 0 Å². The summed E-state index contributed by atoms with van der Waals surface area (Å²) >= 11 is 0. The number of nitriles is 1. The summed E-state index contributed by atoms with van der Waals surface area (Å²) in [5.74, 6) is -0.911. The lowest BCUT2D eigenvalue weighted by atomic mass is 10.1. The highest BCUT2D eigenvalue weighted by Crippen LogP contribution is 2.26. The standard InChI is InChI=1S/C10H9F2N3O2/c1-2-17-10(16)7-5(3-13)8(9(11)12)15-4-6(7)14/h4,9H,2,14H2,1H3. The molecule has 1 aromatic heterocycles. The predicted octanol–water partition coefficient (Wildman–Crippen LogP) is 1.65. The molecule has 1 aromatic rings. The molecule has 0 fully saturated rings. The number of hydrogen-bond acceptors (Lipinski definition) is 5. The number of anilines is 1. The zero-order chi connectivity index (χ0) is 13.0. The molecule has 0 radical (unpaired) electrons. The third-order valence-corrected chi connectivity index (χ3v) is 1.94. The number of ether oxygens (including phenoxy) is 1. The molecule has 0 spiro atoms. The van der Waals surface area contributed by atoms with E-state index in [1.165, 1.54) is 6.07 Å². The molecule has 7 heteroatoms. The number of nitrogen functional groups attached to an aromatic ring is 1. The van der Waals surface area contributed by atoms with Gasteiger partial charge in [-0.1, -0.05) is 0 Å². The van der Waals surface area contributed by atoms with Crippen LogP contribution in [0.2, 0.25) is 0 Å². The molecular formula is C10H9F2N3O2. The Hall–Kier alpha value is -2.23. The van der Waals surface area contributed by atoms with Crippen LogP contribution in [-0.4, -0.2) is 17.6 Å². The molecule has 2 N–H and O–H groups in total. The van der Waals surface area contributed by atoms with Crippen molar-refractivity contribution in [1.29, 1.82) is 5.26 Å². The van der Waals surface area contributed by atoms with Gasteiger partial charge in [0.25, 0.3) is 6.43 Å². The smallest absolute Gasteiger partial charge is 0.341 e. The lowest BCUT2D eigenvalue weighted by Gasteiger charge is -2.09. The minimum atomic E-state index is -2.96. The summed E-state index contributed by atoms with van der Waals surface area (Å²) in [5, 5.41) is 8.80. The fourth-order valence-corrected chi connectivity index (χ4v) is 1.24. The van der Waals surface area contributed by atoms with E-state index < -0.39 is 23.7 Å². The first-order valence-electron chi connectivity index (χ1n) is 4.66. The van der Waals surface area contributed by atoms with E-state index in [4.69, 9.17) is 11.0 Å². The van der Waals surface area contributed by atoms with E-state index in [2.05, 4.69) is 9.72 Å². The SMILES string of the molecule is CCOC(=O)c1c(N)cnc(C(F)F)c1C#N. The van der Waals surface area contributed by atoms with Gasteiger partial charge in [0.15, 0.2) is 0 Å². The van der Waals surface area contributed by atoms with Crippen LogP contribution >= 0.6 is 0 Å². The molecule has 0 aliphatic heterocycles. The molecule has 0 saturated carbocycles. The number of nitrogens with two attached hydrogens (primary N) is 1. The zero-order valence-corrected chi connectivity index (χ0v) is 8.91. The van der Waals surface area contributed by atoms with Gasteiger partial charge in [-0.2, -0.15) is 5.26 Å². The van der Waals surface area contributed by atoms with Crippen molar-refractivity contribution < 1.29 is 18.3 Å². The molecule has 0 amide bonds. The first-order chi connectivity index (χ1) is 8.02. The van der Waals surface area contributed by atoms with Crippen LogP contribution in [0.5, 0.6) is 0 Å². The average molecular weight is 241 g/mol. The topological polar surface area (TPSA) is 89.0 Å². The van der Waals surface area contributed by atoms with E-state index in [0.29, 0.717) is 0 Å². The van der Waals surface area contributed by atoms with Gasteiger partial charge >= 0.3 is 5.97 Å². The Bertz CT molecular complexity index is 483. The van der Waals surface area contributed by atoms with Crippen molar-refractivity contribution in [1.82, 2.24) is 4.98 Å². The molecule has 1 heterocycles. The Morgan fingerprint density at radius 2 is 2.35 bits per heavy atom. The minimum Gasteiger partial charge on any atom is -0.462 e. The number of aromatic nitrogens is 1. The minimum absolute atomic E-state index is 0.0511. The Balaban J connectivity index is 3.42. The Morgan fingerprint density at radius 3 is 2.82 bits per heavy atom. The number of hydrogen-bond donors (Lipinski definition) is 1. The van der Waals surface area contributed by atoms with Crippen LogP contribution in [0.4, 0.5) is 14.5 Å². The van der Waals surface area contributed by atoms with Crippen LogP contribution < -0.4 is 5.73 Å². The van der Waals surface area contributed by atoms with Gasteiger partial charge in [0.1, 0.15) is 17.3 Å². The van der Waals surface area contributed by atoms with Crippen molar-refractivity contribution in [3.8, 4) is 6.07 Å². The second kappa shape index (κ2) is 5.21. The second-order valence-electron chi connectivity index (χ2n) is 2.98. The quantitative estimate of drug-likeness (QED) is 0.812. The molecule has 0 aliphatic rings. The summed E-state index contributed by atoms with van der Waals surface area (Å²) in [5.41, 5.74) is 3.60. The molecule has 5 nitrogen and oxygen atoms in total. The highest BCUT2D eigenvalue weighted by atomic mass is 19.3. The summed E-state index contributed by atoms with van der Waals surface area (Å²) in [6.07, 6.45) is -2.05. The number of pyridine rings is 1. The molecule has 17 heavy (non-hydrogen) atoms. The van der Waals surface area contributed by atoms with Gasteiger partial charge in [-0.15, -0.1) is 0 Å². The van der Waals surface area contributed by atoms with Gasteiger partial charge in [0, 0.05) is 0 Å². The molecule has 0 atom stereocenters. The lowest BCUT2D eigenvalue weighted by Crippen LogP contribution is -2.13. The van der Waals surface area contributed by atoms with Crippen molar-refractivity contribution in [3.63, 3.8) is 0 Å². The van der Waals surface area contributed by atoms with E-state index in [0.717, 1.165) is 6.20 Å². The maximum atomic E-state index is 12.6. The molecule has 0 aliphatic carbocycles. The van der Waals surface area contributed by atoms with Gasteiger partial charge in [0.05, 0.1) is 24.1 Å². The van der Waals surface area contributed by atoms with E-state index >= 15 is 0 Å². The van der Waals surface area contributed by atoms with Crippen molar-refractivity contribution >= 4 is 11.7 Å². The third kappa shape index (κ3) is 2.47. The van der Waals surface area contributed by atoms with Gasteiger partial charge < -0.3 is 10.5 Å². The number of rotatable bonds is 3. The number of halogens is 2. The lowest BCUT2D eigenvalue weighted by molar-refractivity contribution is 0.0526. The van der Waals surface area contributed by atoms with Crippen molar-refractivity contribution in [2.75, 3.05) is 12.3 Å². The second-order valence-corrected chi connectivity index (χ2v) is 2.98. The van der Waals surface area contributed by atoms with Gasteiger partial charge in [-0.25, -0.2) is 13.6 Å². The number of alkyl halides is 2. The highest BCUT2D eigenvalue weighted by molar-refractivity contribution is 5.97. The van der Waals surface area contributed by atoms with Gasteiger partial charge in [0.2, 0.25) is 0 Å². The maximum Gasteiger partial charge on any atom is 0.341 e. The normalized spacial score (nSPS) is 10.1. The van der Waals surface area contributed by atoms with E-state index in [-0.39, 0.29) is 17.9 Å². The van der Waals surface area contributed by atoms with Crippen LogP contribution in [0, 0.1) is 11.3 Å². The van der Waals surface area contributed by atoms with Crippen LogP contribution in [0.1, 0.15) is 35.0 Å². The molecule has 0 saturated heterocycles. The first-order valence-corrected chi connectivity index (χ1v) is 4.66. The number of nitrogens with zero attached hydrogens (tertiary/aromatic N) is 2. The number of carbonyl (C=O) groups excluding carboxylic acids is 1. The van der Waals surface area contributed by atoms with Crippen LogP contribution in [-0.2, 0) is 4.74 Å². The van der Waals surface area contributed by atoms with Crippen LogP contribution in [0.15, 0.2) is 6.20 Å². The summed E-state index contributed by atoms with van der Waals surface area (Å²) in [6.45, 7) is 1.60. The number of esters is 1. The molecule has 90 valence electrons. The predicted molar refractivity (Wildman–Crippen MR) is 54.3 cm³/mol. The molecule has 0 aromatic carbocycles. The average Bonchev–Trinajstić information content (AvgIpc) is 2.28. The van der Waals surface area contributed by atoms with Gasteiger partial charge in [-0.05, 0) is 6.92 Å². The Morgan fingerprint density at radius 1 is 1.71 bits per heavy atom. The van der Waals surface area contributed by atoms with Crippen molar-refractivity contribution in [2.45, 2.75) is 13.3 Å². The van der Waals surface area contributed by atoms with Crippen LogP contribution in [0.25, 0.3) is 0 Å². The summed E-state index contributed by atoms with van der Waals surface area (Å²) < 4.78 is 29.8. The number of carbonyl (C=O) groups is 1. The fourth-order valence-electron chi connectivity index (χ4n) is 1.24. The summed E-state index contributed by atoms with van der Waals surface area (Å²) in [4.78, 5) is 14.8. The fraction of sp³-hybridized carbons (Fsp3) is 0.300. The van der Waals surface area contributed by atoms with Crippen molar-refractivity contribution in [2.24, 2.45) is 0 Å². The van der Waals surface area contributed by atoms with E-state index in [1.54, 1.807) is 6.92 Å². The largest absolute Gasteiger partial charge is 0.462 e. The molecule has 0 unspecified atom stereocenters. The maximum absolute atomic E-state index is 12.6.